The van der Waals surface area contributed by atoms with E-state index in [0.29, 0.717) is 13.2 Å². The predicted octanol–water partition coefficient (Wildman–Crippen LogP) is 6.62. The molecule has 3 aromatic carbocycles. The number of nitro benzene ring substituents is 1. The molecule has 0 atom stereocenters. The van der Waals surface area contributed by atoms with Gasteiger partial charge in [0, 0.05) is 34.4 Å². The summed E-state index contributed by atoms with van der Waals surface area (Å²) in [5.41, 5.74) is 4.16. The van der Waals surface area contributed by atoms with E-state index in [1.165, 1.54) is 17.7 Å². The maximum absolute atomic E-state index is 10.8. The van der Waals surface area contributed by atoms with Crippen LogP contribution in [0.3, 0.4) is 0 Å². The quantitative estimate of drug-likeness (QED) is 0.289. The van der Waals surface area contributed by atoms with E-state index in [2.05, 4.69) is 56.2 Å². The number of halogens is 2. The Kier molecular flexibility index (Phi) is 6.70. The molecule has 7 heteroatoms. The molecule has 0 amide bonds. The lowest BCUT2D eigenvalue weighted by Gasteiger charge is -2.15. The molecular formula is C21H18Br2N2O3. The van der Waals surface area contributed by atoms with Crippen LogP contribution in [0.5, 0.6) is 5.75 Å². The zero-order chi connectivity index (χ0) is 20.1. The summed E-state index contributed by atoms with van der Waals surface area (Å²) in [5, 5.41) is 14.2. The van der Waals surface area contributed by atoms with E-state index < -0.39 is 4.92 Å². The molecule has 0 saturated heterocycles. The highest BCUT2D eigenvalue weighted by Crippen LogP contribution is 2.34. The molecule has 1 N–H and O–H groups in total. The second-order valence-corrected chi connectivity index (χ2v) is 8.08. The highest BCUT2D eigenvalue weighted by Gasteiger charge is 2.12. The zero-order valence-corrected chi connectivity index (χ0v) is 18.3. The van der Waals surface area contributed by atoms with Gasteiger partial charge >= 0.3 is 0 Å². The van der Waals surface area contributed by atoms with Gasteiger partial charge in [0.05, 0.1) is 9.40 Å². The van der Waals surface area contributed by atoms with Gasteiger partial charge in [0.15, 0.2) is 0 Å². The normalized spacial score (nSPS) is 10.5. The van der Waals surface area contributed by atoms with Crippen LogP contribution in [0.15, 0.2) is 69.6 Å². The first-order valence-electron chi connectivity index (χ1n) is 8.57. The maximum Gasteiger partial charge on any atom is 0.269 e. The molecule has 0 heterocycles. The number of hydrogen-bond donors (Lipinski definition) is 1. The first-order valence-corrected chi connectivity index (χ1v) is 10.2. The molecule has 5 nitrogen and oxygen atoms in total. The minimum Gasteiger partial charge on any atom is -0.487 e. The number of aryl methyl sites for hydroxylation is 1. The Bertz CT molecular complexity index is 974. The summed E-state index contributed by atoms with van der Waals surface area (Å²) in [7, 11) is 0. The molecule has 0 aliphatic rings. The number of non-ortho nitro benzene ring substituents is 1. The van der Waals surface area contributed by atoms with Crippen molar-refractivity contribution in [3.8, 4) is 5.75 Å². The van der Waals surface area contributed by atoms with Gasteiger partial charge in [0.25, 0.3) is 5.69 Å². The lowest BCUT2D eigenvalue weighted by molar-refractivity contribution is -0.384. The van der Waals surface area contributed by atoms with Crippen molar-refractivity contribution < 1.29 is 9.66 Å². The van der Waals surface area contributed by atoms with Crippen LogP contribution in [-0.4, -0.2) is 4.92 Å². The van der Waals surface area contributed by atoms with Crippen LogP contribution in [0.2, 0.25) is 0 Å². The Labute approximate surface area is 180 Å². The van der Waals surface area contributed by atoms with Gasteiger partial charge in [-0.25, -0.2) is 0 Å². The van der Waals surface area contributed by atoms with Crippen LogP contribution < -0.4 is 10.1 Å². The molecule has 144 valence electrons. The van der Waals surface area contributed by atoms with Gasteiger partial charge in [-0.2, -0.15) is 0 Å². The minimum absolute atomic E-state index is 0.0663. The summed E-state index contributed by atoms with van der Waals surface area (Å²) in [6.45, 7) is 2.96. The fourth-order valence-electron chi connectivity index (χ4n) is 2.64. The average molecular weight is 506 g/mol. The number of nitrogens with zero attached hydrogens (tertiary/aromatic N) is 1. The fraction of sp³-hybridized carbons (Fsp3) is 0.143. The third-order valence-corrected chi connectivity index (χ3v) is 5.20. The van der Waals surface area contributed by atoms with Crippen molar-refractivity contribution in [1.29, 1.82) is 0 Å². The van der Waals surface area contributed by atoms with Crippen LogP contribution in [-0.2, 0) is 13.2 Å². The maximum atomic E-state index is 10.8. The van der Waals surface area contributed by atoms with E-state index in [4.69, 9.17) is 4.74 Å². The average Bonchev–Trinajstić information content (AvgIpc) is 2.67. The van der Waals surface area contributed by atoms with Crippen LogP contribution >= 0.6 is 31.9 Å². The summed E-state index contributed by atoms with van der Waals surface area (Å²) in [6.07, 6.45) is 0. The van der Waals surface area contributed by atoms with E-state index in [1.54, 1.807) is 12.1 Å². The molecule has 0 unspecified atom stereocenters. The molecule has 0 radical (unpaired) electrons. The van der Waals surface area contributed by atoms with Crippen molar-refractivity contribution in [2.45, 2.75) is 20.1 Å². The number of nitro groups is 1. The smallest absolute Gasteiger partial charge is 0.269 e. The minimum atomic E-state index is -0.412. The molecule has 0 aromatic heterocycles. The fourth-order valence-corrected chi connectivity index (χ4v) is 4.07. The monoisotopic (exact) mass is 504 g/mol. The topological polar surface area (TPSA) is 64.4 Å². The highest BCUT2D eigenvalue weighted by molar-refractivity contribution is 9.11. The number of hydrogen-bond acceptors (Lipinski definition) is 4. The number of benzene rings is 3. The summed E-state index contributed by atoms with van der Waals surface area (Å²) in [6, 6.07) is 18.5. The Balaban J connectivity index is 1.74. The molecule has 0 fully saturated rings. The molecular weight excluding hydrogens is 488 g/mol. The Morgan fingerprint density at radius 3 is 2.36 bits per heavy atom. The molecule has 0 saturated carbocycles. The van der Waals surface area contributed by atoms with Gasteiger partial charge in [-0.05, 0) is 64.8 Å². The van der Waals surface area contributed by atoms with Crippen molar-refractivity contribution >= 4 is 43.2 Å². The summed E-state index contributed by atoms with van der Waals surface area (Å²) < 4.78 is 7.82. The van der Waals surface area contributed by atoms with Gasteiger partial charge in [-0.1, -0.05) is 33.6 Å². The van der Waals surface area contributed by atoms with Crippen LogP contribution in [0, 0.1) is 17.0 Å². The van der Waals surface area contributed by atoms with Gasteiger partial charge in [0.2, 0.25) is 0 Å². The van der Waals surface area contributed by atoms with E-state index in [9.17, 15) is 10.1 Å². The Morgan fingerprint density at radius 1 is 1.04 bits per heavy atom. The molecule has 3 aromatic rings. The molecule has 0 bridgehead atoms. The zero-order valence-electron chi connectivity index (χ0n) is 15.1. The van der Waals surface area contributed by atoms with Crippen molar-refractivity contribution in [3.63, 3.8) is 0 Å². The molecule has 3 rings (SSSR count). The van der Waals surface area contributed by atoms with Gasteiger partial charge in [-0.3, -0.25) is 10.1 Å². The number of anilines is 1. The number of rotatable bonds is 7. The molecule has 0 aliphatic carbocycles. The second-order valence-electron chi connectivity index (χ2n) is 6.31. The predicted molar refractivity (Wildman–Crippen MR) is 118 cm³/mol. The van der Waals surface area contributed by atoms with Crippen molar-refractivity contribution in [1.82, 2.24) is 0 Å². The van der Waals surface area contributed by atoms with Crippen LogP contribution in [0.1, 0.15) is 16.7 Å². The van der Waals surface area contributed by atoms with Crippen molar-refractivity contribution in [3.05, 3.63) is 96.4 Å². The van der Waals surface area contributed by atoms with Crippen LogP contribution in [0.4, 0.5) is 11.4 Å². The lowest BCUT2D eigenvalue weighted by atomic mass is 10.1. The standard InChI is InChI=1S/C21H18Br2N2O3/c1-14-2-6-18(7-3-14)24-12-16-10-17(22)11-20(23)21(16)28-13-15-4-8-19(9-5-15)25(26)27/h2-11,24H,12-13H2,1H3. The largest absolute Gasteiger partial charge is 0.487 e. The Morgan fingerprint density at radius 2 is 1.71 bits per heavy atom. The van der Waals surface area contributed by atoms with E-state index >= 15 is 0 Å². The Hall–Kier alpha value is -2.38. The first kappa shape index (κ1) is 20.4. The highest BCUT2D eigenvalue weighted by atomic mass is 79.9. The van der Waals surface area contributed by atoms with Gasteiger partial charge in [-0.15, -0.1) is 0 Å². The van der Waals surface area contributed by atoms with E-state index in [-0.39, 0.29) is 5.69 Å². The number of nitrogens with one attached hydrogen (secondary N) is 1. The molecule has 0 spiro atoms. The first-order chi connectivity index (χ1) is 13.4. The van der Waals surface area contributed by atoms with Gasteiger partial charge in [0.1, 0.15) is 12.4 Å². The van der Waals surface area contributed by atoms with E-state index in [1.807, 2.05) is 24.3 Å². The van der Waals surface area contributed by atoms with Crippen LogP contribution in [0.25, 0.3) is 0 Å². The summed E-state index contributed by atoms with van der Waals surface area (Å²) >= 11 is 7.09. The second kappa shape index (κ2) is 9.21. The SMILES string of the molecule is Cc1ccc(NCc2cc(Br)cc(Br)c2OCc2ccc([N+](=O)[O-])cc2)cc1. The van der Waals surface area contributed by atoms with Gasteiger partial charge < -0.3 is 10.1 Å². The summed E-state index contributed by atoms with van der Waals surface area (Å²) in [4.78, 5) is 10.4. The van der Waals surface area contributed by atoms with Crippen molar-refractivity contribution in [2.24, 2.45) is 0 Å². The molecule has 0 aliphatic heterocycles. The van der Waals surface area contributed by atoms with Crippen molar-refractivity contribution in [2.75, 3.05) is 5.32 Å². The third-order valence-electron chi connectivity index (χ3n) is 4.15. The summed E-state index contributed by atoms with van der Waals surface area (Å²) in [5.74, 6) is 0.737. The lowest BCUT2D eigenvalue weighted by Crippen LogP contribution is -2.05. The number of ether oxygens (including phenoxy) is 1. The third kappa shape index (κ3) is 5.33. The molecule has 28 heavy (non-hydrogen) atoms. The van der Waals surface area contributed by atoms with E-state index in [0.717, 1.165) is 31.5 Å².